The molecule has 0 saturated heterocycles. The second-order valence-electron chi connectivity index (χ2n) is 5.08. The molecule has 2 bridgehead atoms. The number of carbonyl (C=O) groups is 2. The van der Waals surface area contributed by atoms with Crippen LogP contribution in [0.5, 0.6) is 0 Å². The maximum atomic E-state index is 11.8. The minimum absolute atomic E-state index is 0.0505. The molecule has 0 aromatic rings. The maximum absolute atomic E-state index is 11.8. The number of ketones is 1. The number of rotatable bonds is 1. The second-order valence-corrected chi connectivity index (χ2v) is 5.08. The van der Waals surface area contributed by atoms with E-state index in [1.54, 1.807) is 0 Å². The van der Waals surface area contributed by atoms with Crippen molar-refractivity contribution in [2.45, 2.75) is 38.7 Å². The van der Waals surface area contributed by atoms with E-state index >= 15 is 0 Å². The largest absolute Gasteiger partial charge is 0.454 e. The summed E-state index contributed by atoms with van der Waals surface area (Å²) in [6, 6.07) is 0. The highest BCUT2D eigenvalue weighted by Crippen LogP contribution is 2.32. The zero-order valence-corrected chi connectivity index (χ0v) is 10.7. The summed E-state index contributed by atoms with van der Waals surface area (Å²) in [6.07, 6.45) is 3.85. The third kappa shape index (κ3) is 2.45. The molecule has 2 atom stereocenters. The van der Waals surface area contributed by atoms with Crippen molar-refractivity contribution in [3.8, 4) is 0 Å². The standard InChI is InChI=1S/C15H18O3/c1-9(2)12-6-4-10(3)13(16)7-5-11-8-14(12)18-15(11)17/h8,12,14H,1,3-7H2,2H3. The first-order valence-corrected chi connectivity index (χ1v) is 6.27. The van der Waals surface area contributed by atoms with Crippen LogP contribution >= 0.6 is 0 Å². The van der Waals surface area contributed by atoms with Gasteiger partial charge in [-0.25, -0.2) is 4.79 Å². The van der Waals surface area contributed by atoms with Crippen LogP contribution in [0.1, 0.15) is 32.6 Å². The molecule has 96 valence electrons. The van der Waals surface area contributed by atoms with Gasteiger partial charge in [0.2, 0.25) is 0 Å². The first kappa shape index (κ1) is 12.8. The number of esters is 1. The number of Topliss-reactive ketones (excluding diaryl/α,β-unsaturated/α-hetero) is 1. The summed E-state index contributed by atoms with van der Waals surface area (Å²) in [5.74, 6) is -0.157. The number of ether oxygens (including phenoxy) is 1. The quantitative estimate of drug-likeness (QED) is 0.406. The summed E-state index contributed by atoms with van der Waals surface area (Å²) in [6.45, 7) is 9.72. The molecule has 3 heteroatoms. The van der Waals surface area contributed by atoms with Gasteiger partial charge in [0.1, 0.15) is 6.10 Å². The molecule has 1 heterocycles. The fourth-order valence-electron chi connectivity index (χ4n) is 2.47. The smallest absolute Gasteiger partial charge is 0.334 e. The lowest BCUT2D eigenvalue weighted by molar-refractivity contribution is -0.141. The Morgan fingerprint density at radius 3 is 2.72 bits per heavy atom. The van der Waals surface area contributed by atoms with Gasteiger partial charge in [-0.05, 0) is 37.8 Å². The lowest BCUT2D eigenvalue weighted by Gasteiger charge is -2.22. The fraction of sp³-hybridized carbons (Fsp3) is 0.467. The first-order valence-electron chi connectivity index (χ1n) is 6.27. The van der Waals surface area contributed by atoms with Crippen molar-refractivity contribution in [3.63, 3.8) is 0 Å². The summed E-state index contributed by atoms with van der Waals surface area (Å²) < 4.78 is 5.37. The molecule has 18 heavy (non-hydrogen) atoms. The van der Waals surface area contributed by atoms with Crippen LogP contribution in [0.25, 0.3) is 0 Å². The molecule has 0 fully saturated rings. The van der Waals surface area contributed by atoms with Gasteiger partial charge in [-0.15, -0.1) is 0 Å². The number of hydrogen-bond donors (Lipinski definition) is 0. The van der Waals surface area contributed by atoms with Crippen LogP contribution < -0.4 is 0 Å². The van der Waals surface area contributed by atoms with Crippen molar-refractivity contribution in [1.29, 1.82) is 0 Å². The summed E-state index contributed by atoms with van der Waals surface area (Å²) >= 11 is 0. The third-order valence-corrected chi connectivity index (χ3v) is 3.67. The van der Waals surface area contributed by atoms with E-state index in [9.17, 15) is 9.59 Å². The van der Waals surface area contributed by atoms with E-state index in [2.05, 4.69) is 13.2 Å². The van der Waals surface area contributed by atoms with Gasteiger partial charge < -0.3 is 4.74 Å². The summed E-state index contributed by atoms with van der Waals surface area (Å²) in [4.78, 5) is 23.5. The zero-order chi connectivity index (χ0) is 13.3. The molecule has 1 aliphatic carbocycles. The highest BCUT2D eigenvalue weighted by molar-refractivity contribution is 5.97. The Bertz CT molecular complexity index is 454. The molecule has 0 saturated carbocycles. The van der Waals surface area contributed by atoms with E-state index in [0.29, 0.717) is 30.4 Å². The average molecular weight is 246 g/mol. The van der Waals surface area contributed by atoms with Crippen LogP contribution in [0, 0.1) is 5.92 Å². The van der Waals surface area contributed by atoms with Crippen LogP contribution in [0.15, 0.2) is 36.0 Å². The molecule has 0 N–H and O–H groups in total. The topological polar surface area (TPSA) is 43.4 Å². The molecular weight excluding hydrogens is 228 g/mol. The normalized spacial score (nSPS) is 28.7. The molecule has 0 amide bonds. The Balaban J connectivity index is 2.27. The highest BCUT2D eigenvalue weighted by atomic mass is 16.5. The number of carbonyl (C=O) groups excluding carboxylic acids is 2. The number of hydrogen-bond acceptors (Lipinski definition) is 3. The van der Waals surface area contributed by atoms with E-state index in [1.165, 1.54) is 0 Å². The van der Waals surface area contributed by atoms with E-state index in [4.69, 9.17) is 4.74 Å². The Kier molecular flexibility index (Phi) is 3.50. The molecule has 3 nitrogen and oxygen atoms in total. The van der Waals surface area contributed by atoms with E-state index in [1.807, 2.05) is 13.0 Å². The van der Waals surface area contributed by atoms with Crippen molar-refractivity contribution in [3.05, 3.63) is 36.0 Å². The van der Waals surface area contributed by atoms with Gasteiger partial charge in [-0.1, -0.05) is 18.7 Å². The lowest BCUT2D eigenvalue weighted by Crippen LogP contribution is -2.21. The molecule has 2 unspecified atom stereocenters. The summed E-state index contributed by atoms with van der Waals surface area (Å²) in [7, 11) is 0. The fourth-order valence-corrected chi connectivity index (χ4v) is 2.47. The van der Waals surface area contributed by atoms with E-state index < -0.39 is 0 Å². The second kappa shape index (κ2) is 4.92. The molecule has 0 radical (unpaired) electrons. The molecule has 2 aliphatic rings. The average Bonchev–Trinajstić information content (AvgIpc) is 2.66. The van der Waals surface area contributed by atoms with Crippen LogP contribution in [-0.2, 0) is 14.3 Å². The number of allylic oxidation sites excluding steroid dienone is 1. The van der Waals surface area contributed by atoms with Gasteiger partial charge in [-0.2, -0.15) is 0 Å². The molecular formula is C15H18O3. The monoisotopic (exact) mass is 246 g/mol. The van der Waals surface area contributed by atoms with Gasteiger partial charge >= 0.3 is 5.97 Å². The van der Waals surface area contributed by atoms with Crippen LogP contribution in [0.4, 0.5) is 0 Å². The van der Waals surface area contributed by atoms with Gasteiger partial charge in [0, 0.05) is 17.9 Å². The molecule has 0 aromatic heterocycles. The molecule has 0 spiro atoms. The Labute approximate surface area is 107 Å². The highest BCUT2D eigenvalue weighted by Gasteiger charge is 2.33. The predicted molar refractivity (Wildman–Crippen MR) is 68.9 cm³/mol. The first-order chi connectivity index (χ1) is 8.49. The van der Waals surface area contributed by atoms with Gasteiger partial charge in [-0.3, -0.25) is 4.79 Å². The van der Waals surface area contributed by atoms with Crippen molar-refractivity contribution in [2.24, 2.45) is 5.92 Å². The number of fused-ring (bicyclic) bond motifs is 1. The van der Waals surface area contributed by atoms with Crippen molar-refractivity contribution in [2.75, 3.05) is 0 Å². The maximum Gasteiger partial charge on any atom is 0.334 e. The molecule has 2 rings (SSSR count). The zero-order valence-electron chi connectivity index (χ0n) is 10.7. The van der Waals surface area contributed by atoms with E-state index in [0.717, 1.165) is 12.0 Å². The van der Waals surface area contributed by atoms with Crippen LogP contribution in [0.2, 0.25) is 0 Å². The van der Waals surface area contributed by atoms with Gasteiger partial charge in [0.15, 0.2) is 5.78 Å². The van der Waals surface area contributed by atoms with E-state index in [-0.39, 0.29) is 23.8 Å². The minimum atomic E-state index is -0.286. The SMILES string of the molecule is C=C1CCC(C(=C)C)C2C=C(CCC1=O)C(=O)O2. The summed E-state index contributed by atoms with van der Waals surface area (Å²) in [5, 5.41) is 0. The van der Waals surface area contributed by atoms with Crippen molar-refractivity contribution < 1.29 is 14.3 Å². The van der Waals surface area contributed by atoms with Crippen LogP contribution in [-0.4, -0.2) is 17.9 Å². The van der Waals surface area contributed by atoms with Gasteiger partial charge in [0.25, 0.3) is 0 Å². The third-order valence-electron chi connectivity index (χ3n) is 3.67. The lowest BCUT2D eigenvalue weighted by atomic mass is 9.86. The Morgan fingerprint density at radius 1 is 1.33 bits per heavy atom. The predicted octanol–water partition coefficient (Wildman–Crippen LogP) is 2.73. The van der Waals surface area contributed by atoms with Gasteiger partial charge in [0.05, 0.1) is 0 Å². The summed E-state index contributed by atoms with van der Waals surface area (Å²) in [5.41, 5.74) is 2.25. The van der Waals surface area contributed by atoms with Crippen molar-refractivity contribution in [1.82, 2.24) is 0 Å². The molecule has 0 aromatic carbocycles. The minimum Gasteiger partial charge on any atom is -0.454 e. The Hall–Kier alpha value is -1.64. The van der Waals surface area contributed by atoms with Crippen molar-refractivity contribution >= 4 is 11.8 Å². The van der Waals surface area contributed by atoms with Crippen LogP contribution in [0.3, 0.4) is 0 Å². The Morgan fingerprint density at radius 2 is 2.06 bits per heavy atom. The molecule has 1 aliphatic heterocycles.